The van der Waals surface area contributed by atoms with Gasteiger partial charge in [0.05, 0.1) is 0 Å². The highest BCUT2D eigenvalue weighted by Crippen LogP contribution is 2.25. The molecule has 0 spiro atoms. The molecule has 2 N–H and O–H groups in total. The van der Waals surface area contributed by atoms with Gasteiger partial charge in [-0.1, -0.05) is 0 Å². The monoisotopic (exact) mass is 249 g/mol. The van der Waals surface area contributed by atoms with Gasteiger partial charge in [0, 0.05) is 26.7 Å². The van der Waals surface area contributed by atoms with Crippen LogP contribution in [0.15, 0.2) is 6.07 Å². The number of nitrogens with one attached hydrogen (secondary N) is 2. The highest BCUT2D eigenvalue weighted by atomic mass is 16.2. The first-order chi connectivity index (χ1) is 8.65. The second-order valence-corrected chi connectivity index (χ2v) is 4.37. The molecule has 1 aromatic rings. The lowest BCUT2D eigenvalue weighted by Gasteiger charge is -2.24. The molecule has 0 aromatic carbocycles. The van der Waals surface area contributed by atoms with Crippen LogP contribution in [0.1, 0.15) is 18.7 Å². The van der Waals surface area contributed by atoms with Crippen LogP contribution in [-0.2, 0) is 4.79 Å². The van der Waals surface area contributed by atoms with Crippen molar-refractivity contribution in [1.29, 1.82) is 0 Å². The van der Waals surface area contributed by atoms with Gasteiger partial charge in [0.15, 0.2) is 0 Å². The summed E-state index contributed by atoms with van der Waals surface area (Å²) in [5.41, 5.74) is 0. The van der Waals surface area contributed by atoms with E-state index in [4.69, 9.17) is 0 Å². The van der Waals surface area contributed by atoms with E-state index in [0.717, 1.165) is 31.0 Å². The molecule has 0 bridgehead atoms. The topological polar surface area (TPSA) is 70.2 Å². The molecule has 0 aliphatic carbocycles. The molecule has 0 radical (unpaired) electrons. The second kappa shape index (κ2) is 5.20. The van der Waals surface area contributed by atoms with Gasteiger partial charge in [-0.25, -0.2) is 9.97 Å². The summed E-state index contributed by atoms with van der Waals surface area (Å²) in [6.45, 7) is 2.72. The molecule has 0 saturated carbocycles. The summed E-state index contributed by atoms with van der Waals surface area (Å²) in [6, 6.07) is 1.77. The number of nitrogens with zero attached hydrogens (tertiary/aromatic N) is 3. The van der Waals surface area contributed by atoms with Crippen molar-refractivity contribution >= 4 is 17.5 Å². The first-order valence-electron chi connectivity index (χ1n) is 6.17. The minimum Gasteiger partial charge on any atom is -0.373 e. The molecule has 98 valence electrons. The number of carbonyl (C=O) groups excluding carboxylic acids is 1. The molecule has 1 amide bonds. The van der Waals surface area contributed by atoms with Crippen molar-refractivity contribution in [3.63, 3.8) is 0 Å². The van der Waals surface area contributed by atoms with Crippen molar-refractivity contribution in [3.8, 4) is 0 Å². The van der Waals surface area contributed by atoms with E-state index in [0.29, 0.717) is 5.82 Å². The third-order valence-electron chi connectivity index (χ3n) is 3.18. The predicted molar refractivity (Wildman–Crippen MR) is 70.8 cm³/mol. The van der Waals surface area contributed by atoms with Gasteiger partial charge < -0.3 is 15.5 Å². The molecule has 2 heterocycles. The summed E-state index contributed by atoms with van der Waals surface area (Å²) < 4.78 is 0. The lowest BCUT2D eigenvalue weighted by molar-refractivity contribution is -0.121. The standard InChI is InChI=1S/C12H19N5O/c1-8-15-10(13-2)7-11(16-8)17-6-4-5-9(17)12(18)14-3/h7,9H,4-6H2,1-3H3,(H,14,18)(H,13,15,16). The maximum atomic E-state index is 11.8. The van der Waals surface area contributed by atoms with Gasteiger partial charge >= 0.3 is 0 Å². The Balaban J connectivity index is 2.29. The van der Waals surface area contributed by atoms with E-state index in [-0.39, 0.29) is 11.9 Å². The van der Waals surface area contributed by atoms with Gasteiger partial charge in [0.1, 0.15) is 23.5 Å². The summed E-state index contributed by atoms with van der Waals surface area (Å²) in [5.74, 6) is 2.35. The fourth-order valence-electron chi connectivity index (χ4n) is 2.31. The number of aryl methyl sites for hydroxylation is 1. The van der Waals surface area contributed by atoms with Gasteiger partial charge in [-0.2, -0.15) is 0 Å². The maximum Gasteiger partial charge on any atom is 0.242 e. The molecule has 6 heteroatoms. The Kier molecular flexibility index (Phi) is 3.64. The molecule has 1 unspecified atom stereocenters. The smallest absolute Gasteiger partial charge is 0.242 e. The molecule has 1 aromatic heterocycles. The van der Waals surface area contributed by atoms with Gasteiger partial charge in [0.25, 0.3) is 0 Å². The molecular formula is C12H19N5O. The van der Waals surface area contributed by atoms with Crippen molar-refractivity contribution in [2.75, 3.05) is 30.9 Å². The number of anilines is 2. The predicted octanol–water partition coefficient (Wildman–Crippen LogP) is 0.542. The van der Waals surface area contributed by atoms with Gasteiger partial charge in [-0.15, -0.1) is 0 Å². The molecule has 1 saturated heterocycles. The first-order valence-corrected chi connectivity index (χ1v) is 6.17. The number of rotatable bonds is 3. The van der Waals surface area contributed by atoms with E-state index in [9.17, 15) is 4.79 Å². The average molecular weight is 249 g/mol. The summed E-state index contributed by atoms with van der Waals surface area (Å²) in [7, 11) is 3.49. The lowest BCUT2D eigenvalue weighted by Crippen LogP contribution is -2.42. The fraction of sp³-hybridized carbons (Fsp3) is 0.583. The third kappa shape index (κ3) is 2.37. The Labute approximate surface area is 107 Å². The SMILES string of the molecule is CNC(=O)C1CCCN1c1cc(NC)nc(C)n1. The van der Waals surface area contributed by atoms with Crippen LogP contribution in [0.3, 0.4) is 0 Å². The van der Waals surface area contributed by atoms with Crippen molar-refractivity contribution in [2.45, 2.75) is 25.8 Å². The maximum absolute atomic E-state index is 11.8. The second-order valence-electron chi connectivity index (χ2n) is 4.37. The van der Waals surface area contributed by atoms with Crippen LogP contribution in [0, 0.1) is 6.92 Å². The van der Waals surface area contributed by atoms with E-state index in [1.165, 1.54) is 0 Å². The van der Waals surface area contributed by atoms with Crippen molar-refractivity contribution < 1.29 is 4.79 Å². The molecule has 1 fully saturated rings. The molecule has 2 rings (SSSR count). The molecule has 1 atom stereocenters. The Morgan fingerprint density at radius 1 is 1.44 bits per heavy atom. The highest BCUT2D eigenvalue weighted by Gasteiger charge is 2.31. The van der Waals surface area contributed by atoms with Crippen molar-refractivity contribution in [3.05, 3.63) is 11.9 Å². The molecular weight excluding hydrogens is 230 g/mol. The Morgan fingerprint density at radius 3 is 2.89 bits per heavy atom. The molecule has 1 aliphatic rings. The van der Waals surface area contributed by atoms with E-state index >= 15 is 0 Å². The number of carbonyl (C=O) groups is 1. The molecule has 18 heavy (non-hydrogen) atoms. The average Bonchev–Trinajstić information content (AvgIpc) is 2.86. The zero-order chi connectivity index (χ0) is 13.1. The minimum absolute atomic E-state index is 0.0507. The van der Waals surface area contributed by atoms with Gasteiger partial charge in [-0.05, 0) is 19.8 Å². The van der Waals surface area contributed by atoms with Gasteiger partial charge in [0.2, 0.25) is 5.91 Å². The van der Waals surface area contributed by atoms with E-state index in [1.807, 2.05) is 24.9 Å². The zero-order valence-electron chi connectivity index (χ0n) is 11.0. The van der Waals surface area contributed by atoms with Crippen molar-refractivity contribution in [2.24, 2.45) is 0 Å². The quantitative estimate of drug-likeness (QED) is 0.818. The normalized spacial score (nSPS) is 18.8. The largest absolute Gasteiger partial charge is 0.373 e. The number of aromatic nitrogens is 2. The van der Waals surface area contributed by atoms with E-state index in [1.54, 1.807) is 7.05 Å². The molecule has 6 nitrogen and oxygen atoms in total. The summed E-state index contributed by atoms with van der Waals surface area (Å²) in [6.07, 6.45) is 1.88. The minimum atomic E-state index is -0.117. The van der Waals surface area contributed by atoms with Crippen molar-refractivity contribution in [1.82, 2.24) is 15.3 Å². The van der Waals surface area contributed by atoms with Crippen LogP contribution in [0.2, 0.25) is 0 Å². The summed E-state index contributed by atoms with van der Waals surface area (Å²) in [4.78, 5) is 22.6. The van der Waals surface area contributed by atoms with Crippen LogP contribution in [0.4, 0.5) is 11.6 Å². The highest BCUT2D eigenvalue weighted by molar-refractivity contribution is 5.85. The Morgan fingerprint density at radius 2 is 2.22 bits per heavy atom. The summed E-state index contributed by atoms with van der Waals surface area (Å²) >= 11 is 0. The summed E-state index contributed by atoms with van der Waals surface area (Å²) in [5, 5.41) is 5.72. The fourth-order valence-corrected chi connectivity index (χ4v) is 2.31. The number of likely N-dealkylation sites (N-methyl/N-ethyl adjacent to an activating group) is 1. The Hall–Kier alpha value is -1.85. The third-order valence-corrected chi connectivity index (χ3v) is 3.18. The van der Waals surface area contributed by atoms with Gasteiger partial charge in [-0.3, -0.25) is 4.79 Å². The van der Waals surface area contributed by atoms with Crippen LogP contribution in [-0.4, -0.2) is 42.6 Å². The number of amides is 1. The first kappa shape index (κ1) is 12.6. The van der Waals surface area contributed by atoms with E-state index in [2.05, 4.69) is 20.6 Å². The Bertz CT molecular complexity index is 448. The van der Waals surface area contributed by atoms with Crippen LogP contribution in [0.5, 0.6) is 0 Å². The zero-order valence-corrected chi connectivity index (χ0v) is 11.0. The van der Waals surface area contributed by atoms with Crippen LogP contribution >= 0.6 is 0 Å². The van der Waals surface area contributed by atoms with Crippen LogP contribution < -0.4 is 15.5 Å². The number of hydrogen-bond donors (Lipinski definition) is 2. The lowest BCUT2D eigenvalue weighted by atomic mass is 10.2. The van der Waals surface area contributed by atoms with E-state index < -0.39 is 0 Å². The van der Waals surface area contributed by atoms with Crippen LogP contribution in [0.25, 0.3) is 0 Å². The number of hydrogen-bond acceptors (Lipinski definition) is 5. The molecule has 1 aliphatic heterocycles.